The van der Waals surface area contributed by atoms with Crippen molar-refractivity contribution >= 4 is 5.97 Å². The third kappa shape index (κ3) is 10.9. The number of rotatable bonds is 17. The van der Waals surface area contributed by atoms with Crippen molar-refractivity contribution in [3.05, 3.63) is 65.7 Å². The van der Waals surface area contributed by atoms with Crippen molar-refractivity contribution in [1.82, 2.24) is 0 Å². The lowest BCUT2D eigenvalue weighted by molar-refractivity contribution is -0.919. The van der Waals surface area contributed by atoms with E-state index in [1.807, 2.05) is 37.3 Å². The fourth-order valence-electron chi connectivity index (χ4n) is 4.81. The van der Waals surface area contributed by atoms with Crippen molar-refractivity contribution in [1.29, 1.82) is 0 Å². The third-order valence-corrected chi connectivity index (χ3v) is 6.74. The number of carbonyl (C=O) groups is 1. The molecule has 4 heteroatoms. The Balaban J connectivity index is 1.80. The molecule has 4 nitrogen and oxygen atoms in total. The number of quaternary nitrogens is 1. The first kappa shape index (κ1) is 28.9. The van der Waals surface area contributed by atoms with Crippen molar-refractivity contribution in [2.45, 2.75) is 104 Å². The summed E-state index contributed by atoms with van der Waals surface area (Å²) >= 11 is 0. The van der Waals surface area contributed by atoms with E-state index in [-0.39, 0.29) is 12.0 Å². The maximum absolute atomic E-state index is 13.0. The van der Waals surface area contributed by atoms with Gasteiger partial charge in [-0.15, -0.1) is 0 Å². The smallest absolute Gasteiger partial charge is 0.368 e. The maximum Gasteiger partial charge on any atom is 0.368 e. The second kappa shape index (κ2) is 15.6. The monoisotopic (exact) mass is 482 g/mol. The fraction of sp³-hybridized carbons (Fsp3) is 0.581. The lowest BCUT2D eigenvalue weighted by Crippen LogP contribution is -2.53. The number of hydrogen-bond acceptors (Lipinski definition) is 3. The average Bonchev–Trinajstić information content (AvgIpc) is 2.81. The normalized spacial score (nSPS) is 13.3. The highest BCUT2D eigenvalue weighted by atomic mass is 16.7. The number of carbonyl (C=O) groups excluding carboxylic acids is 1. The van der Waals surface area contributed by atoms with E-state index in [9.17, 15) is 4.79 Å². The first-order valence-electron chi connectivity index (χ1n) is 13.7. The fourth-order valence-corrected chi connectivity index (χ4v) is 4.81. The Morgan fingerprint density at radius 3 is 2.11 bits per heavy atom. The minimum atomic E-state index is -0.633. The summed E-state index contributed by atoms with van der Waals surface area (Å²) in [5.74, 6) is 0.546. The first-order chi connectivity index (χ1) is 16.9. The van der Waals surface area contributed by atoms with E-state index in [1.54, 1.807) is 6.92 Å². The predicted molar refractivity (Wildman–Crippen MR) is 145 cm³/mol. The van der Waals surface area contributed by atoms with Crippen LogP contribution in [-0.4, -0.2) is 36.9 Å². The van der Waals surface area contributed by atoms with Crippen molar-refractivity contribution in [2.24, 2.45) is 0 Å². The van der Waals surface area contributed by atoms with Crippen LogP contribution in [0.3, 0.4) is 0 Å². The molecular weight excluding hydrogens is 434 g/mol. The minimum absolute atomic E-state index is 0.212. The van der Waals surface area contributed by atoms with E-state index in [0.29, 0.717) is 10.9 Å². The molecule has 2 rings (SSSR count). The van der Waals surface area contributed by atoms with E-state index >= 15 is 0 Å². The Bertz CT molecular complexity index is 849. The van der Waals surface area contributed by atoms with Crippen molar-refractivity contribution in [3.8, 4) is 5.75 Å². The van der Waals surface area contributed by atoms with Crippen LogP contribution in [0.1, 0.15) is 89.7 Å². The number of aryl methyl sites for hydroxylation is 1. The summed E-state index contributed by atoms with van der Waals surface area (Å²) in [5.41, 5.74) is 2.49. The zero-order chi connectivity index (χ0) is 25.5. The van der Waals surface area contributed by atoms with Gasteiger partial charge in [0.1, 0.15) is 12.3 Å². The van der Waals surface area contributed by atoms with E-state index in [4.69, 9.17) is 9.47 Å². The van der Waals surface area contributed by atoms with E-state index in [2.05, 4.69) is 45.3 Å². The average molecular weight is 483 g/mol. The first-order valence-corrected chi connectivity index (χ1v) is 13.7. The summed E-state index contributed by atoms with van der Waals surface area (Å²) in [6.45, 7) is 6.87. The zero-order valence-corrected chi connectivity index (χ0v) is 22.8. The van der Waals surface area contributed by atoms with Gasteiger partial charge in [0.25, 0.3) is 0 Å². The highest BCUT2D eigenvalue weighted by Crippen LogP contribution is 2.21. The summed E-state index contributed by atoms with van der Waals surface area (Å²) in [6.07, 6.45) is 11.7. The molecule has 2 aromatic rings. The Labute approximate surface area is 214 Å². The summed E-state index contributed by atoms with van der Waals surface area (Å²) in [5, 5.41) is 0. The molecule has 2 unspecified atom stereocenters. The molecule has 0 saturated heterocycles. The highest BCUT2D eigenvalue weighted by molar-refractivity contribution is 5.74. The standard InChI is InChI=1S/C31H48NO3/c1-6-8-9-10-11-12-13-15-19-27-22-18-23-29(24-27)34-26(3)35-31(33)30(7-2)32(4,5)25-28-20-16-14-17-21-28/h14,16-18,20-24,26,30H,6-13,15,19,25H2,1-5H3/q+1. The predicted octanol–water partition coefficient (Wildman–Crippen LogP) is 7.69. The van der Waals surface area contributed by atoms with Gasteiger partial charge in [0.2, 0.25) is 6.29 Å². The highest BCUT2D eigenvalue weighted by Gasteiger charge is 2.36. The molecule has 0 spiro atoms. The summed E-state index contributed by atoms with van der Waals surface area (Å²) in [6, 6.07) is 18.2. The molecular formula is C31H48NO3+. The SMILES string of the molecule is CCCCCCCCCCc1cccc(OC(C)OC(=O)C(CC)[N+](C)(C)Cc2ccccc2)c1. The summed E-state index contributed by atoms with van der Waals surface area (Å²) < 4.78 is 12.3. The van der Waals surface area contributed by atoms with Crippen LogP contribution in [-0.2, 0) is 22.5 Å². The van der Waals surface area contributed by atoms with Crippen LogP contribution in [0.2, 0.25) is 0 Å². The van der Waals surface area contributed by atoms with Gasteiger partial charge in [0, 0.05) is 18.9 Å². The molecule has 0 bridgehead atoms. The van der Waals surface area contributed by atoms with E-state index in [1.165, 1.54) is 62.5 Å². The van der Waals surface area contributed by atoms with Crippen LogP contribution in [0.15, 0.2) is 54.6 Å². The molecule has 0 radical (unpaired) electrons. The number of unbranched alkanes of at least 4 members (excludes halogenated alkanes) is 7. The van der Waals surface area contributed by atoms with Gasteiger partial charge in [-0.3, -0.25) is 0 Å². The molecule has 0 aliphatic carbocycles. The van der Waals surface area contributed by atoms with Gasteiger partial charge in [-0.2, -0.15) is 0 Å². The largest absolute Gasteiger partial charge is 0.455 e. The molecule has 2 aromatic carbocycles. The summed E-state index contributed by atoms with van der Waals surface area (Å²) in [7, 11) is 4.17. The second-order valence-corrected chi connectivity index (χ2v) is 10.3. The van der Waals surface area contributed by atoms with Crippen LogP contribution in [0.4, 0.5) is 0 Å². The molecule has 0 heterocycles. The van der Waals surface area contributed by atoms with Gasteiger partial charge in [-0.05, 0) is 30.5 Å². The van der Waals surface area contributed by atoms with Gasteiger partial charge >= 0.3 is 5.97 Å². The molecule has 0 aliphatic rings. The molecule has 194 valence electrons. The van der Waals surface area contributed by atoms with Crippen LogP contribution in [0, 0.1) is 0 Å². The van der Waals surface area contributed by atoms with Gasteiger partial charge < -0.3 is 14.0 Å². The summed E-state index contributed by atoms with van der Waals surface area (Å²) in [4.78, 5) is 13.0. The van der Waals surface area contributed by atoms with Gasteiger partial charge in [-0.25, -0.2) is 4.79 Å². The lowest BCUT2D eigenvalue weighted by atomic mass is 10.0. The third-order valence-electron chi connectivity index (χ3n) is 6.74. The number of esters is 1. The molecule has 2 atom stereocenters. The van der Waals surface area contributed by atoms with Crippen molar-refractivity contribution in [3.63, 3.8) is 0 Å². The van der Waals surface area contributed by atoms with Crippen LogP contribution in [0.25, 0.3) is 0 Å². The topological polar surface area (TPSA) is 35.5 Å². The Hall–Kier alpha value is -2.33. The second-order valence-electron chi connectivity index (χ2n) is 10.3. The molecule has 35 heavy (non-hydrogen) atoms. The number of benzene rings is 2. The van der Waals surface area contributed by atoms with Crippen LogP contribution < -0.4 is 4.74 Å². The van der Waals surface area contributed by atoms with Crippen LogP contribution >= 0.6 is 0 Å². The molecule has 0 aromatic heterocycles. The van der Waals surface area contributed by atoms with Gasteiger partial charge in [0.05, 0.1) is 14.1 Å². The molecule has 0 amide bonds. The number of hydrogen-bond donors (Lipinski definition) is 0. The molecule has 0 fully saturated rings. The Morgan fingerprint density at radius 2 is 1.46 bits per heavy atom. The van der Waals surface area contributed by atoms with Gasteiger partial charge in [-0.1, -0.05) is 101 Å². The number of ether oxygens (including phenoxy) is 2. The van der Waals surface area contributed by atoms with Crippen molar-refractivity contribution < 1.29 is 18.8 Å². The van der Waals surface area contributed by atoms with Crippen LogP contribution in [0.5, 0.6) is 5.75 Å². The Morgan fingerprint density at radius 1 is 0.829 bits per heavy atom. The number of likely N-dealkylation sites (N-methyl/N-ethyl adjacent to an activating group) is 1. The van der Waals surface area contributed by atoms with E-state index in [0.717, 1.165) is 18.7 Å². The molecule has 0 aliphatic heterocycles. The maximum atomic E-state index is 13.0. The van der Waals surface area contributed by atoms with Crippen molar-refractivity contribution in [2.75, 3.05) is 14.1 Å². The lowest BCUT2D eigenvalue weighted by Gasteiger charge is -2.36. The Kier molecular flexibility index (Phi) is 12.9. The molecule has 0 saturated carbocycles. The minimum Gasteiger partial charge on any atom is -0.455 e. The van der Waals surface area contributed by atoms with E-state index < -0.39 is 6.29 Å². The number of nitrogens with zero attached hydrogens (tertiary/aromatic N) is 1. The van der Waals surface area contributed by atoms with Gasteiger partial charge in [0.15, 0.2) is 6.04 Å². The molecule has 0 N–H and O–H groups in total. The zero-order valence-electron chi connectivity index (χ0n) is 22.8. The quantitative estimate of drug-likeness (QED) is 0.100.